The van der Waals surface area contributed by atoms with Gasteiger partial charge in [-0.25, -0.2) is 9.97 Å². The number of carbonyl (C=O) groups is 1. The molecule has 8 heteroatoms. The first-order valence-corrected chi connectivity index (χ1v) is 8.44. The summed E-state index contributed by atoms with van der Waals surface area (Å²) in [7, 11) is 0. The fraction of sp³-hybridized carbons (Fsp3) is 0.235. The van der Waals surface area contributed by atoms with Crippen LogP contribution in [0, 0.1) is 0 Å². The van der Waals surface area contributed by atoms with E-state index < -0.39 is 0 Å². The highest BCUT2D eigenvalue weighted by atomic mass is 79.9. The fourth-order valence-electron chi connectivity index (χ4n) is 2.11. The van der Waals surface area contributed by atoms with Crippen LogP contribution in [-0.4, -0.2) is 30.6 Å². The van der Waals surface area contributed by atoms with Crippen LogP contribution < -0.4 is 5.32 Å². The molecule has 1 amide bonds. The predicted octanol–water partition coefficient (Wildman–Crippen LogP) is 3.37. The first-order chi connectivity index (χ1) is 11.8. The Balaban J connectivity index is 2.00. The monoisotopic (exact) mass is 400 g/mol. The van der Waals surface area contributed by atoms with Crippen LogP contribution >= 0.6 is 15.9 Å². The zero-order chi connectivity index (χ0) is 18.0. The van der Waals surface area contributed by atoms with Gasteiger partial charge in [-0.05, 0) is 28.1 Å². The number of nitrogens with zero attached hydrogens (tertiary/aromatic N) is 5. The van der Waals surface area contributed by atoms with Gasteiger partial charge >= 0.3 is 0 Å². The maximum absolute atomic E-state index is 12.6. The van der Waals surface area contributed by atoms with E-state index in [0.717, 1.165) is 10.2 Å². The lowest BCUT2D eigenvalue weighted by molar-refractivity contribution is 0.102. The molecule has 3 aromatic rings. The van der Waals surface area contributed by atoms with Crippen molar-refractivity contribution in [1.82, 2.24) is 24.7 Å². The summed E-state index contributed by atoms with van der Waals surface area (Å²) >= 11 is 3.32. The Morgan fingerprint density at radius 1 is 1.16 bits per heavy atom. The van der Waals surface area contributed by atoms with Crippen molar-refractivity contribution in [3.8, 4) is 5.95 Å². The average Bonchev–Trinajstić information content (AvgIpc) is 3.00. The van der Waals surface area contributed by atoms with E-state index in [4.69, 9.17) is 0 Å². The van der Waals surface area contributed by atoms with Crippen LogP contribution in [0.1, 0.15) is 36.8 Å². The Morgan fingerprint density at radius 2 is 1.88 bits per heavy atom. The second-order valence-corrected chi connectivity index (χ2v) is 7.39. The van der Waals surface area contributed by atoms with Crippen molar-refractivity contribution in [2.24, 2.45) is 0 Å². The minimum atomic E-state index is -0.286. The maximum atomic E-state index is 12.6. The van der Waals surface area contributed by atoms with Crippen molar-refractivity contribution in [3.05, 3.63) is 58.7 Å². The summed E-state index contributed by atoms with van der Waals surface area (Å²) in [6.07, 6.45) is 6.39. The van der Waals surface area contributed by atoms with Crippen LogP contribution in [0.2, 0.25) is 0 Å². The van der Waals surface area contributed by atoms with E-state index in [9.17, 15) is 4.79 Å². The molecule has 25 heavy (non-hydrogen) atoms. The van der Waals surface area contributed by atoms with E-state index >= 15 is 0 Å². The van der Waals surface area contributed by atoms with Crippen LogP contribution in [0.3, 0.4) is 0 Å². The van der Waals surface area contributed by atoms with Gasteiger partial charge in [0.15, 0.2) is 0 Å². The zero-order valence-corrected chi connectivity index (χ0v) is 15.6. The molecule has 3 heterocycles. The maximum Gasteiger partial charge on any atom is 0.258 e. The van der Waals surface area contributed by atoms with Crippen LogP contribution in [-0.2, 0) is 5.41 Å². The standard InChI is InChI=1S/C17H17BrN6O/c1-17(2,3)13-8-14(24(23-13)16-20-5-4-6-21-16)22-15(25)11-7-12(18)10-19-9-11/h4-10H,1-3H3,(H,22,25). The van der Waals surface area contributed by atoms with E-state index in [1.54, 1.807) is 30.7 Å². The van der Waals surface area contributed by atoms with Gasteiger partial charge in [0.05, 0.1) is 11.3 Å². The second-order valence-electron chi connectivity index (χ2n) is 6.47. The van der Waals surface area contributed by atoms with Crippen molar-refractivity contribution in [2.45, 2.75) is 26.2 Å². The largest absolute Gasteiger partial charge is 0.306 e. The summed E-state index contributed by atoms with van der Waals surface area (Å²) < 4.78 is 2.26. The molecule has 0 saturated heterocycles. The molecule has 0 radical (unpaired) electrons. The molecule has 0 unspecified atom stereocenters. The minimum absolute atomic E-state index is 0.184. The van der Waals surface area contributed by atoms with Gasteiger partial charge in [0.1, 0.15) is 5.82 Å². The molecule has 3 rings (SSSR count). The molecule has 0 bridgehead atoms. The Kier molecular flexibility index (Phi) is 4.63. The number of amides is 1. The quantitative estimate of drug-likeness (QED) is 0.728. The number of pyridine rings is 1. The van der Waals surface area contributed by atoms with Crippen LogP contribution in [0.15, 0.2) is 47.5 Å². The molecular weight excluding hydrogens is 384 g/mol. The molecule has 0 spiro atoms. The van der Waals surface area contributed by atoms with Gasteiger partial charge < -0.3 is 5.32 Å². The molecule has 0 aliphatic carbocycles. The molecule has 128 valence electrons. The molecule has 7 nitrogen and oxygen atoms in total. The molecule has 3 aromatic heterocycles. The Bertz CT molecular complexity index is 901. The normalized spacial score (nSPS) is 11.4. The number of carbonyl (C=O) groups excluding carboxylic acids is 1. The highest BCUT2D eigenvalue weighted by molar-refractivity contribution is 9.10. The fourth-order valence-corrected chi connectivity index (χ4v) is 2.48. The van der Waals surface area contributed by atoms with E-state index in [1.165, 1.54) is 10.9 Å². The van der Waals surface area contributed by atoms with E-state index in [1.807, 2.05) is 6.07 Å². The van der Waals surface area contributed by atoms with Gasteiger partial charge in [-0.15, -0.1) is 0 Å². The summed E-state index contributed by atoms with van der Waals surface area (Å²) in [5.74, 6) is 0.605. The summed E-state index contributed by atoms with van der Waals surface area (Å²) in [6.45, 7) is 6.15. The van der Waals surface area contributed by atoms with Crippen molar-refractivity contribution in [3.63, 3.8) is 0 Å². The smallest absolute Gasteiger partial charge is 0.258 e. The zero-order valence-electron chi connectivity index (χ0n) is 14.1. The first kappa shape index (κ1) is 17.2. The van der Waals surface area contributed by atoms with Crippen molar-refractivity contribution in [2.75, 3.05) is 5.32 Å². The third-order valence-electron chi connectivity index (χ3n) is 3.43. The molecule has 0 aliphatic rings. The molecule has 0 saturated carbocycles. The van der Waals surface area contributed by atoms with Gasteiger partial charge in [0, 0.05) is 40.7 Å². The van der Waals surface area contributed by atoms with E-state index in [-0.39, 0.29) is 11.3 Å². The number of halogens is 1. The Labute approximate surface area is 153 Å². The Hall–Kier alpha value is -2.61. The lowest BCUT2D eigenvalue weighted by Gasteiger charge is -2.13. The summed E-state index contributed by atoms with van der Waals surface area (Å²) in [5.41, 5.74) is 1.08. The third kappa shape index (κ3) is 3.90. The number of aromatic nitrogens is 5. The topological polar surface area (TPSA) is 85.6 Å². The molecule has 0 atom stereocenters. The minimum Gasteiger partial charge on any atom is -0.306 e. The molecular formula is C17H17BrN6O. The summed E-state index contributed by atoms with van der Waals surface area (Å²) in [4.78, 5) is 25.0. The second kappa shape index (κ2) is 6.72. The van der Waals surface area contributed by atoms with Crippen molar-refractivity contribution >= 4 is 27.7 Å². The number of hydrogen-bond donors (Lipinski definition) is 1. The van der Waals surface area contributed by atoms with Crippen molar-refractivity contribution in [1.29, 1.82) is 0 Å². The number of hydrogen-bond acceptors (Lipinski definition) is 5. The molecule has 0 aromatic carbocycles. The highest BCUT2D eigenvalue weighted by Crippen LogP contribution is 2.25. The number of rotatable bonds is 3. The summed E-state index contributed by atoms with van der Waals surface area (Å²) in [5, 5.41) is 7.43. The SMILES string of the molecule is CC(C)(C)c1cc(NC(=O)c2cncc(Br)c2)n(-c2ncccn2)n1. The van der Waals surface area contributed by atoms with Gasteiger partial charge in [-0.2, -0.15) is 9.78 Å². The van der Waals surface area contributed by atoms with Crippen LogP contribution in [0.5, 0.6) is 0 Å². The predicted molar refractivity (Wildman–Crippen MR) is 97.7 cm³/mol. The van der Waals surface area contributed by atoms with Gasteiger partial charge in [0.25, 0.3) is 11.9 Å². The van der Waals surface area contributed by atoms with Crippen molar-refractivity contribution < 1.29 is 4.79 Å². The molecule has 1 N–H and O–H groups in total. The molecule has 0 fully saturated rings. The summed E-state index contributed by atoms with van der Waals surface area (Å²) in [6, 6.07) is 5.26. The van der Waals surface area contributed by atoms with E-state index in [2.05, 4.69) is 62.1 Å². The molecule has 0 aliphatic heterocycles. The number of anilines is 1. The van der Waals surface area contributed by atoms with Crippen LogP contribution in [0.25, 0.3) is 5.95 Å². The lowest BCUT2D eigenvalue weighted by Crippen LogP contribution is -2.16. The van der Waals surface area contributed by atoms with Crippen LogP contribution in [0.4, 0.5) is 5.82 Å². The highest BCUT2D eigenvalue weighted by Gasteiger charge is 2.22. The van der Waals surface area contributed by atoms with Gasteiger partial charge in [-0.3, -0.25) is 9.78 Å². The van der Waals surface area contributed by atoms with Gasteiger partial charge in [-0.1, -0.05) is 20.8 Å². The number of nitrogens with one attached hydrogen (secondary N) is 1. The third-order valence-corrected chi connectivity index (χ3v) is 3.86. The Morgan fingerprint density at radius 3 is 2.52 bits per heavy atom. The first-order valence-electron chi connectivity index (χ1n) is 7.64. The average molecular weight is 401 g/mol. The lowest BCUT2D eigenvalue weighted by atomic mass is 9.92. The van der Waals surface area contributed by atoms with E-state index in [0.29, 0.717) is 17.3 Å². The van der Waals surface area contributed by atoms with Gasteiger partial charge in [0.2, 0.25) is 0 Å².